The molecule has 1 aliphatic rings. The van der Waals surface area contributed by atoms with Crippen LogP contribution in [-0.4, -0.2) is 22.4 Å². The molecule has 20 heavy (non-hydrogen) atoms. The molecule has 0 amide bonds. The van der Waals surface area contributed by atoms with Crippen molar-refractivity contribution in [2.45, 2.75) is 12.6 Å². The van der Waals surface area contributed by atoms with E-state index in [9.17, 15) is 14.4 Å². The van der Waals surface area contributed by atoms with Gasteiger partial charge < -0.3 is 4.74 Å². The normalized spacial score (nSPS) is 16.9. The van der Waals surface area contributed by atoms with Crippen LogP contribution in [0, 0.1) is 0 Å². The van der Waals surface area contributed by atoms with Crippen molar-refractivity contribution in [3.8, 4) is 0 Å². The van der Waals surface area contributed by atoms with E-state index in [0.29, 0.717) is 10.8 Å². The van der Waals surface area contributed by atoms with Crippen LogP contribution in [0.2, 0.25) is 0 Å². The van der Waals surface area contributed by atoms with Gasteiger partial charge in [-0.1, -0.05) is 24.3 Å². The molecule has 2 heterocycles. The van der Waals surface area contributed by atoms with E-state index in [2.05, 4.69) is 4.74 Å². The molecule has 2 aromatic rings. The van der Waals surface area contributed by atoms with Crippen LogP contribution in [0.3, 0.4) is 0 Å². The molecule has 1 unspecified atom stereocenters. The summed E-state index contributed by atoms with van der Waals surface area (Å²) in [7, 11) is 1.25. The minimum absolute atomic E-state index is 0.256. The van der Waals surface area contributed by atoms with E-state index in [4.69, 9.17) is 0 Å². The van der Waals surface area contributed by atoms with Gasteiger partial charge >= 0.3 is 5.97 Å². The van der Waals surface area contributed by atoms with Crippen molar-refractivity contribution in [2.75, 3.05) is 7.11 Å². The molecule has 102 valence electrons. The lowest BCUT2D eigenvalue weighted by atomic mass is 10.1. The minimum Gasteiger partial charge on any atom is -0.467 e. The van der Waals surface area contributed by atoms with Gasteiger partial charge in [0, 0.05) is 0 Å². The first-order valence-corrected chi connectivity index (χ1v) is 6.14. The Balaban J connectivity index is 2.42. The topological polar surface area (TPSA) is 70.3 Å². The van der Waals surface area contributed by atoms with E-state index in [1.807, 2.05) is 0 Å². The zero-order chi connectivity index (χ0) is 14.3. The molecule has 1 aliphatic heterocycles. The van der Waals surface area contributed by atoms with Gasteiger partial charge in [-0.25, -0.2) is 14.2 Å². The molecule has 6 nitrogen and oxygen atoms in total. The zero-order valence-corrected chi connectivity index (χ0v) is 10.8. The zero-order valence-electron chi connectivity index (χ0n) is 10.8. The number of esters is 1. The van der Waals surface area contributed by atoms with Gasteiger partial charge in [-0.05, 0) is 12.1 Å². The fourth-order valence-corrected chi connectivity index (χ4v) is 2.44. The maximum absolute atomic E-state index is 12.5. The van der Waals surface area contributed by atoms with Gasteiger partial charge in [-0.2, -0.15) is 0 Å². The summed E-state index contributed by atoms with van der Waals surface area (Å²) in [5, 5.41) is 0.658. The monoisotopic (exact) mass is 272 g/mol. The minimum atomic E-state index is -0.904. The summed E-state index contributed by atoms with van der Waals surface area (Å²) in [6.07, 6.45) is 3.25. The van der Waals surface area contributed by atoms with Crippen LogP contribution in [-0.2, 0) is 16.1 Å². The number of hydrogen-bond acceptors (Lipinski definition) is 4. The lowest BCUT2D eigenvalue weighted by Gasteiger charge is -2.23. The van der Waals surface area contributed by atoms with Crippen LogP contribution < -0.4 is 11.1 Å². The molecule has 0 bridgehead atoms. The quantitative estimate of drug-likeness (QED) is 0.558. The Kier molecular flexibility index (Phi) is 2.78. The maximum atomic E-state index is 12.5. The van der Waals surface area contributed by atoms with Gasteiger partial charge in [0.1, 0.15) is 0 Å². The van der Waals surface area contributed by atoms with Crippen molar-refractivity contribution in [3.63, 3.8) is 0 Å². The summed E-state index contributed by atoms with van der Waals surface area (Å²) >= 11 is 0. The molecular weight excluding hydrogens is 260 g/mol. The number of methoxy groups -OCH3 is 1. The number of allylic oxidation sites excluding steroid dienone is 1. The van der Waals surface area contributed by atoms with E-state index in [0.717, 1.165) is 4.68 Å². The summed E-state index contributed by atoms with van der Waals surface area (Å²) in [5.74, 6) is -0.577. The molecule has 0 aliphatic carbocycles. The summed E-state index contributed by atoms with van der Waals surface area (Å²) in [4.78, 5) is 36.7. The molecule has 0 saturated heterocycles. The molecule has 0 saturated carbocycles. The van der Waals surface area contributed by atoms with Crippen LogP contribution in [0.15, 0.2) is 46.0 Å². The summed E-state index contributed by atoms with van der Waals surface area (Å²) in [5.41, 5.74) is -0.668. The average Bonchev–Trinajstić information content (AvgIpc) is 2.51. The van der Waals surface area contributed by atoms with Crippen LogP contribution in [0.5, 0.6) is 0 Å². The average molecular weight is 272 g/mol. The number of hydrogen-bond donors (Lipinski definition) is 0. The Morgan fingerprint density at radius 2 is 1.85 bits per heavy atom. The molecule has 0 spiro atoms. The van der Waals surface area contributed by atoms with Gasteiger partial charge in [-0.15, -0.1) is 0 Å². The lowest BCUT2D eigenvalue weighted by molar-refractivity contribution is -0.143. The molecule has 1 aromatic carbocycles. The summed E-state index contributed by atoms with van der Waals surface area (Å²) in [6.45, 7) is 0.256. The number of carbonyl (C=O) groups is 1. The Morgan fingerprint density at radius 1 is 1.20 bits per heavy atom. The van der Waals surface area contributed by atoms with Crippen molar-refractivity contribution in [1.82, 2.24) is 9.36 Å². The largest absolute Gasteiger partial charge is 0.467 e. The highest BCUT2D eigenvalue weighted by molar-refractivity contribution is 5.81. The number of benzene rings is 1. The first-order valence-electron chi connectivity index (χ1n) is 6.14. The van der Waals surface area contributed by atoms with Gasteiger partial charge in [-0.3, -0.25) is 9.59 Å². The standard InChI is InChI=1S/C14H12N2O4/c1-20-14(19)11-7-4-8-15-12(17)9-5-2-3-6-10(9)13(18)16(11)15/h2-7,11H,8H2,1H3. The van der Waals surface area contributed by atoms with Crippen molar-refractivity contribution in [1.29, 1.82) is 0 Å². The van der Waals surface area contributed by atoms with Crippen molar-refractivity contribution in [2.24, 2.45) is 0 Å². The Hall–Kier alpha value is -2.63. The summed E-state index contributed by atoms with van der Waals surface area (Å²) < 4.78 is 7.12. The third kappa shape index (κ3) is 1.61. The highest BCUT2D eigenvalue weighted by Crippen LogP contribution is 2.14. The molecule has 0 N–H and O–H groups in total. The van der Waals surface area contributed by atoms with Gasteiger partial charge in [0.05, 0.1) is 24.4 Å². The fraction of sp³-hybridized carbons (Fsp3) is 0.214. The number of fused-ring (bicyclic) bond motifs is 2. The predicted molar refractivity (Wildman–Crippen MR) is 72.7 cm³/mol. The predicted octanol–water partition coefficient (Wildman–Crippen LogP) is 0.447. The molecule has 1 atom stereocenters. The van der Waals surface area contributed by atoms with Crippen molar-refractivity contribution < 1.29 is 9.53 Å². The molecule has 0 fully saturated rings. The number of carbonyl (C=O) groups excluding carboxylic acids is 1. The van der Waals surface area contributed by atoms with Crippen LogP contribution in [0.25, 0.3) is 10.8 Å². The second-order valence-electron chi connectivity index (χ2n) is 4.48. The molecular formula is C14H12N2O4. The van der Waals surface area contributed by atoms with Crippen molar-refractivity contribution >= 4 is 16.7 Å². The second kappa shape index (κ2) is 4.48. The number of nitrogens with zero attached hydrogens (tertiary/aromatic N) is 2. The number of rotatable bonds is 1. The Bertz CT molecular complexity index is 844. The lowest BCUT2D eigenvalue weighted by Crippen LogP contribution is -2.44. The highest BCUT2D eigenvalue weighted by Gasteiger charge is 2.26. The van der Waals surface area contributed by atoms with Crippen LogP contribution in [0.4, 0.5) is 0 Å². The second-order valence-corrected chi connectivity index (χ2v) is 4.48. The number of ether oxygens (including phenoxy) is 1. The molecule has 3 rings (SSSR count). The van der Waals surface area contributed by atoms with Crippen LogP contribution in [0.1, 0.15) is 6.04 Å². The number of aromatic nitrogens is 2. The molecule has 1 aromatic heterocycles. The SMILES string of the molecule is COC(=O)C1C=CCn2c(=O)c3ccccc3c(=O)n21. The smallest absolute Gasteiger partial charge is 0.334 e. The highest BCUT2D eigenvalue weighted by atomic mass is 16.5. The van der Waals surface area contributed by atoms with E-state index < -0.39 is 12.0 Å². The third-order valence-electron chi connectivity index (χ3n) is 3.39. The van der Waals surface area contributed by atoms with Crippen molar-refractivity contribution in [3.05, 3.63) is 57.1 Å². The Labute approximate surface area is 113 Å². The first kappa shape index (κ1) is 12.4. The Morgan fingerprint density at radius 3 is 2.50 bits per heavy atom. The first-order chi connectivity index (χ1) is 9.65. The van der Waals surface area contributed by atoms with E-state index in [-0.39, 0.29) is 17.7 Å². The van der Waals surface area contributed by atoms with Crippen LogP contribution >= 0.6 is 0 Å². The van der Waals surface area contributed by atoms with E-state index >= 15 is 0 Å². The fourth-order valence-electron chi connectivity index (χ4n) is 2.44. The van der Waals surface area contributed by atoms with Gasteiger partial charge in [0.2, 0.25) is 0 Å². The van der Waals surface area contributed by atoms with Gasteiger partial charge in [0.15, 0.2) is 6.04 Å². The molecule has 6 heteroatoms. The van der Waals surface area contributed by atoms with Gasteiger partial charge in [0.25, 0.3) is 11.1 Å². The van der Waals surface area contributed by atoms with E-state index in [1.54, 1.807) is 36.4 Å². The third-order valence-corrected chi connectivity index (χ3v) is 3.39. The van der Waals surface area contributed by atoms with E-state index in [1.165, 1.54) is 11.8 Å². The molecule has 0 radical (unpaired) electrons. The maximum Gasteiger partial charge on any atom is 0.334 e. The summed E-state index contributed by atoms with van der Waals surface area (Å²) in [6, 6.07) is 5.68.